The van der Waals surface area contributed by atoms with Crippen LogP contribution in [-0.4, -0.2) is 29.9 Å². The minimum atomic E-state index is 0.715. The maximum atomic E-state index is 5.53. The van der Waals surface area contributed by atoms with Gasteiger partial charge in [0.1, 0.15) is 0 Å². The topological polar surface area (TPSA) is 3.01 Å². The molecule has 1 heterocycles. The van der Waals surface area contributed by atoms with Gasteiger partial charge in [0.25, 0.3) is 0 Å². The first-order valence-corrected chi connectivity index (χ1v) is 3.22. The van der Waals surface area contributed by atoms with Crippen molar-refractivity contribution in [1.82, 2.24) is 4.90 Å². The molecule has 1 saturated heterocycles. The lowest BCUT2D eigenvalue weighted by Gasteiger charge is -1.90. The third-order valence-electron chi connectivity index (χ3n) is 1.41. The van der Waals surface area contributed by atoms with Gasteiger partial charge in [-0.05, 0) is 6.54 Å². The van der Waals surface area contributed by atoms with E-state index in [2.05, 4.69) is 11.8 Å². The summed E-state index contributed by atoms with van der Waals surface area (Å²) in [4.78, 5) is 2.34. The van der Waals surface area contributed by atoms with E-state index in [4.69, 9.17) is 11.6 Å². The van der Waals surface area contributed by atoms with Crippen molar-refractivity contribution < 1.29 is 0 Å². The molecule has 1 aliphatic heterocycles. The zero-order valence-corrected chi connectivity index (χ0v) is 5.28. The Balaban J connectivity index is 2.06. The molecule has 2 atom stereocenters. The Morgan fingerprint density at radius 3 is 2.71 bits per heavy atom. The molecule has 1 unspecified atom stereocenters. The molecule has 0 N–H and O–H groups in total. The molecule has 0 aromatic heterocycles. The van der Waals surface area contributed by atoms with E-state index in [0.717, 1.165) is 12.4 Å². The van der Waals surface area contributed by atoms with Gasteiger partial charge < -0.3 is 0 Å². The lowest BCUT2D eigenvalue weighted by atomic mass is 10.6. The molecule has 0 saturated carbocycles. The molecule has 0 aromatic carbocycles. The number of alkyl halides is 1. The van der Waals surface area contributed by atoms with Gasteiger partial charge in [-0.15, -0.1) is 11.6 Å². The Labute approximate surface area is 49.3 Å². The molecule has 7 heavy (non-hydrogen) atoms. The second-order valence-electron chi connectivity index (χ2n) is 1.90. The van der Waals surface area contributed by atoms with Crippen LogP contribution in [0.3, 0.4) is 0 Å². The fraction of sp³-hybridized carbons (Fsp3) is 1.00. The molecule has 1 nitrogen and oxygen atoms in total. The van der Waals surface area contributed by atoms with Crippen molar-refractivity contribution in [3.8, 4) is 0 Å². The highest BCUT2D eigenvalue weighted by Gasteiger charge is 2.30. The van der Waals surface area contributed by atoms with Crippen LogP contribution in [-0.2, 0) is 0 Å². The maximum absolute atomic E-state index is 5.53. The molecule has 0 bridgehead atoms. The zero-order valence-electron chi connectivity index (χ0n) is 4.52. The highest BCUT2D eigenvalue weighted by molar-refractivity contribution is 6.18. The summed E-state index contributed by atoms with van der Waals surface area (Å²) >= 11 is 5.53. The number of halogens is 1. The van der Waals surface area contributed by atoms with Crippen LogP contribution in [0.15, 0.2) is 0 Å². The van der Waals surface area contributed by atoms with E-state index in [9.17, 15) is 0 Å². The highest BCUT2D eigenvalue weighted by Crippen LogP contribution is 2.16. The molecular formula is C5H10ClN. The first-order valence-electron chi connectivity index (χ1n) is 2.68. The van der Waals surface area contributed by atoms with Crippen LogP contribution < -0.4 is 0 Å². The fourth-order valence-corrected chi connectivity index (χ4v) is 1.05. The zero-order chi connectivity index (χ0) is 5.28. The van der Waals surface area contributed by atoms with Crippen molar-refractivity contribution in [1.29, 1.82) is 0 Å². The molecule has 0 aliphatic carbocycles. The molecule has 0 radical (unpaired) electrons. The summed E-state index contributed by atoms with van der Waals surface area (Å²) in [5, 5.41) is 0. The summed E-state index contributed by atoms with van der Waals surface area (Å²) in [6, 6.07) is 0.715. The van der Waals surface area contributed by atoms with Gasteiger partial charge in [-0.2, -0.15) is 0 Å². The third kappa shape index (κ3) is 1.07. The van der Waals surface area contributed by atoms with Crippen LogP contribution in [0.5, 0.6) is 0 Å². The number of rotatable bonds is 2. The molecule has 1 aliphatic rings. The first kappa shape index (κ1) is 5.39. The monoisotopic (exact) mass is 119 g/mol. The van der Waals surface area contributed by atoms with E-state index in [-0.39, 0.29) is 0 Å². The average molecular weight is 120 g/mol. The summed E-state index contributed by atoms with van der Waals surface area (Å²) in [6.07, 6.45) is 0. The minimum Gasteiger partial charge on any atom is -0.297 e. The normalized spacial score (nSPS) is 38.6. The van der Waals surface area contributed by atoms with Crippen molar-refractivity contribution in [3.05, 3.63) is 0 Å². The standard InChI is InChI=1S/C5H10ClN/c1-2-7-4-5(7)3-6/h5H,2-4H2,1H3/t5-,7?/m0/s1. The van der Waals surface area contributed by atoms with Crippen LogP contribution in [0, 0.1) is 0 Å². The van der Waals surface area contributed by atoms with Gasteiger partial charge in [0.15, 0.2) is 0 Å². The van der Waals surface area contributed by atoms with Gasteiger partial charge in [0, 0.05) is 18.5 Å². The van der Waals surface area contributed by atoms with Gasteiger partial charge in [-0.3, -0.25) is 4.90 Å². The Morgan fingerprint density at radius 1 is 1.86 bits per heavy atom. The molecule has 0 spiro atoms. The van der Waals surface area contributed by atoms with Crippen LogP contribution >= 0.6 is 11.6 Å². The van der Waals surface area contributed by atoms with Crippen molar-refractivity contribution in [3.63, 3.8) is 0 Å². The van der Waals surface area contributed by atoms with Crippen molar-refractivity contribution >= 4 is 11.6 Å². The molecule has 1 fully saturated rings. The molecular weight excluding hydrogens is 110 g/mol. The molecule has 2 heteroatoms. The largest absolute Gasteiger partial charge is 0.297 e. The quantitative estimate of drug-likeness (QED) is 0.386. The van der Waals surface area contributed by atoms with Crippen LogP contribution in [0.1, 0.15) is 6.92 Å². The van der Waals surface area contributed by atoms with Crippen LogP contribution in [0.4, 0.5) is 0 Å². The first-order chi connectivity index (χ1) is 3.38. The van der Waals surface area contributed by atoms with Crippen LogP contribution in [0.25, 0.3) is 0 Å². The van der Waals surface area contributed by atoms with Gasteiger partial charge in [-0.1, -0.05) is 6.92 Å². The van der Waals surface area contributed by atoms with Crippen molar-refractivity contribution in [2.24, 2.45) is 0 Å². The van der Waals surface area contributed by atoms with Crippen molar-refractivity contribution in [2.45, 2.75) is 13.0 Å². The van der Waals surface area contributed by atoms with E-state index in [1.807, 2.05) is 0 Å². The van der Waals surface area contributed by atoms with Gasteiger partial charge >= 0.3 is 0 Å². The third-order valence-corrected chi connectivity index (χ3v) is 1.77. The summed E-state index contributed by atoms with van der Waals surface area (Å²) in [7, 11) is 0. The van der Waals surface area contributed by atoms with E-state index < -0.39 is 0 Å². The fourth-order valence-electron chi connectivity index (χ4n) is 0.757. The number of hydrogen-bond donors (Lipinski definition) is 0. The van der Waals surface area contributed by atoms with Crippen LogP contribution in [0.2, 0.25) is 0 Å². The van der Waals surface area contributed by atoms with E-state index in [1.165, 1.54) is 6.54 Å². The second-order valence-corrected chi connectivity index (χ2v) is 2.20. The predicted molar refractivity (Wildman–Crippen MR) is 31.8 cm³/mol. The Hall–Kier alpha value is 0.250. The number of nitrogens with zero attached hydrogens (tertiary/aromatic N) is 1. The molecule has 0 amide bonds. The SMILES string of the molecule is CCN1C[C@@H]1CCl. The van der Waals surface area contributed by atoms with Gasteiger partial charge in [0.2, 0.25) is 0 Å². The highest BCUT2D eigenvalue weighted by atomic mass is 35.5. The maximum Gasteiger partial charge on any atom is 0.0392 e. The van der Waals surface area contributed by atoms with E-state index in [1.54, 1.807) is 0 Å². The van der Waals surface area contributed by atoms with Gasteiger partial charge in [-0.25, -0.2) is 0 Å². The average Bonchev–Trinajstić information content (AvgIpc) is 2.43. The predicted octanol–water partition coefficient (Wildman–Crippen LogP) is 0.929. The number of likely N-dealkylation sites (N-methyl/N-ethyl adjacent to an activating group) is 1. The Bertz CT molecular complexity index is 57.1. The second kappa shape index (κ2) is 2.01. The molecule has 1 rings (SSSR count). The van der Waals surface area contributed by atoms with E-state index in [0.29, 0.717) is 6.04 Å². The molecule has 0 aromatic rings. The Kier molecular flexibility index (Phi) is 1.55. The summed E-state index contributed by atoms with van der Waals surface area (Å²) < 4.78 is 0. The van der Waals surface area contributed by atoms with Crippen molar-refractivity contribution in [2.75, 3.05) is 19.0 Å². The lowest BCUT2D eigenvalue weighted by molar-refractivity contribution is 0.551. The summed E-state index contributed by atoms with van der Waals surface area (Å²) in [5.41, 5.74) is 0. The van der Waals surface area contributed by atoms with E-state index >= 15 is 0 Å². The minimum absolute atomic E-state index is 0.715. The smallest absolute Gasteiger partial charge is 0.0392 e. The molecule has 42 valence electrons. The summed E-state index contributed by atoms with van der Waals surface area (Å²) in [5.74, 6) is 0.813. The number of hydrogen-bond acceptors (Lipinski definition) is 1. The summed E-state index contributed by atoms with van der Waals surface area (Å²) in [6.45, 7) is 4.55. The van der Waals surface area contributed by atoms with Gasteiger partial charge in [0.05, 0.1) is 0 Å². The Morgan fingerprint density at radius 2 is 2.57 bits per heavy atom. The lowest BCUT2D eigenvalue weighted by Crippen LogP contribution is -2.00.